The summed E-state index contributed by atoms with van der Waals surface area (Å²) in [6.07, 6.45) is 4.72. The van der Waals surface area contributed by atoms with Gasteiger partial charge in [-0.2, -0.15) is 0 Å². The Morgan fingerprint density at radius 2 is 2.08 bits per heavy atom. The van der Waals surface area contributed by atoms with E-state index in [0.29, 0.717) is 0 Å². The van der Waals surface area contributed by atoms with E-state index >= 15 is 0 Å². The van der Waals surface area contributed by atoms with E-state index in [4.69, 9.17) is 0 Å². The Labute approximate surface area is 94.6 Å². The second-order valence-electron chi connectivity index (χ2n) is 2.65. The highest BCUT2D eigenvalue weighted by Gasteiger charge is 2.02. The summed E-state index contributed by atoms with van der Waals surface area (Å²) in [6, 6.07) is 2.19. The number of hydrogen-bond donors (Lipinski definition) is 0. The third-order valence-corrected chi connectivity index (χ3v) is 4.94. The van der Waals surface area contributed by atoms with Crippen LogP contribution in [0.2, 0.25) is 0 Å². The molecule has 1 heterocycles. The van der Waals surface area contributed by atoms with Gasteiger partial charge in [0.15, 0.2) is 0 Å². The second kappa shape index (κ2) is 5.40. The van der Waals surface area contributed by atoms with Crippen LogP contribution in [-0.4, -0.2) is 0 Å². The molecule has 0 aliphatic heterocycles. The van der Waals surface area contributed by atoms with Gasteiger partial charge in [-0.25, -0.2) is 0 Å². The first-order valence-electron chi connectivity index (χ1n) is 3.97. The van der Waals surface area contributed by atoms with Crippen molar-refractivity contribution in [3.8, 4) is 0 Å². The number of rotatable bonds is 4. The van der Waals surface area contributed by atoms with Gasteiger partial charge in [-0.15, -0.1) is 11.3 Å². The number of hydrogen-bond acceptors (Lipinski definition) is 1. The van der Waals surface area contributed by atoms with Crippen molar-refractivity contribution < 1.29 is 0 Å². The zero-order chi connectivity index (χ0) is 8.97. The zero-order valence-electron chi connectivity index (χ0n) is 6.78. The normalized spacial score (nSPS) is 10.6. The molecule has 1 radical (unpaired) electrons. The summed E-state index contributed by atoms with van der Waals surface area (Å²) in [5, 5.41) is 0. The van der Waals surface area contributed by atoms with Crippen LogP contribution in [0.4, 0.5) is 0 Å². The van der Waals surface area contributed by atoms with Crippen LogP contribution < -0.4 is 0 Å². The first-order chi connectivity index (χ1) is 5.74. The molecule has 12 heavy (non-hydrogen) atoms. The first-order valence-corrected chi connectivity index (χ1v) is 6.37. The maximum absolute atomic E-state index is 3.82. The van der Waals surface area contributed by atoms with Crippen molar-refractivity contribution in [3.63, 3.8) is 0 Å². The molecule has 0 aromatic carbocycles. The van der Waals surface area contributed by atoms with E-state index in [9.17, 15) is 0 Å². The van der Waals surface area contributed by atoms with Crippen molar-refractivity contribution in [1.29, 1.82) is 0 Å². The average molecular weight is 311 g/mol. The molecule has 67 valence electrons. The second-order valence-corrected chi connectivity index (χ2v) is 5.95. The monoisotopic (exact) mass is 309 g/mol. The Balaban J connectivity index is 2.42. The predicted molar refractivity (Wildman–Crippen MR) is 62.6 cm³/mol. The van der Waals surface area contributed by atoms with Crippen molar-refractivity contribution in [3.05, 3.63) is 26.1 Å². The van der Waals surface area contributed by atoms with Crippen molar-refractivity contribution in [2.45, 2.75) is 25.7 Å². The van der Waals surface area contributed by atoms with Crippen molar-refractivity contribution in [1.82, 2.24) is 0 Å². The summed E-state index contributed by atoms with van der Waals surface area (Å²) < 4.78 is 2.38. The molecule has 0 saturated heterocycles. The van der Waals surface area contributed by atoms with Gasteiger partial charge in [0.05, 0.1) is 3.79 Å². The molecule has 1 aromatic rings. The van der Waals surface area contributed by atoms with E-state index < -0.39 is 0 Å². The molecule has 1 rings (SSSR count). The highest BCUT2D eigenvalue weighted by Crippen LogP contribution is 2.33. The minimum Gasteiger partial charge on any atom is -0.132 e. The van der Waals surface area contributed by atoms with Gasteiger partial charge in [0, 0.05) is 9.35 Å². The zero-order valence-corrected chi connectivity index (χ0v) is 10.8. The largest absolute Gasteiger partial charge is 0.132 e. The molecule has 3 heteroatoms. The van der Waals surface area contributed by atoms with Gasteiger partial charge in [-0.05, 0) is 50.8 Å². The first kappa shape index (κ1) is 10.7. The van der Waals surface area contributed by atoms with Gasteiger partial charge < -0.3 is 0 Å². The topological polar surface area (TPSA) is 0 Å². The fraction of sp³-hybridized carbons (Fsp3) is 0.444. The van der Waals surface area contributed by atoms with Crippen LogP contribution in [0, 0.1) is 6.92 Å². The Morgan fingerprint density at radius 1 is 1.33 bits per heavy atom. The Kier molecular flexibility index (Phi) is 4.84. The fourth-order valence-corrected chi connectivity index (χ4v) is 3.21. The average Bonchev–Trinajstić information content (AvgIpc) is 2.32. The van der Waals surface area contributed by atoms with Crippen molar-refractivity contribution >= 4 is 43.2 Å². The number of aryl methyl sites for hydroxylation is 1. The van der Waals surface area contributed by atoms with Crippen LogP contribution >= 0.6 is 43.2 Å². The summed E-state index contributed by atoms with van der Waals surface area (Å²) in [6.45, 7) is 3.82. The van der Waals surface area contributed by atoms with Gasteiger partial charge >= 0.3 is 0 Å². The molecule has 0 aliphatic rings. The molecule has 0 amide bonds. The van der Waals surface area contributed by atoms with Crippen LogP contribution in [0.25, 0.3) is 0 Å². The molecule has 0 N–H and O–H groups in total. The minimum atomic E-state index is 1.05. The van der Waals surface area contributed by atoms with E-state index in [1.165, 1.54) is 32.4 Å². The highest BCUT2D eigenvalue weighted by molar-refractivity contribution is 9.13. The van der Waals surface area contributed by atoms with Gasteiger partial charge in [0.2, 0.25) is 0 Å². The van der Waals surface area contributed by atoms with E-state index in [1.807, 2.05) is 11.3 Å². The lowest BCUT2D eigenvalue weighted by atomic mass is 10.2. The van der Waals surface area contributed by atoms with Gasteiger partial charge in [0.1, 0.15) is 0 Å². The molecule has 0 spiro atoms. The third-order valence-electron chi connectivity index (χ3n) is 1.62. The van der Waals surface area contributed by atoms with Crippen LogP contribution in [-0.2, 0) is 6.42 Å². The number of halogens is 2. The molecule has 0 aliphatic carbocycles. The maximum Gasteiger partial charge on any atom is 0.0843 e. The number of thiophene rings is 1. The Hall–Kier alpha value is 0.660. The molecular formula is C9H11Br2S. The molecule has 0 fully saturated rings. The fourth-order valence-electron chi connectivity index (χ4n) is 0.991. The van der Waals surface area contributed by atoms with E-state index in [0.717, 1.165) is 6.42 Å². The summed E-state index contributed by atoms with van der Waals surface area (Å²) in [7, 11) is 0. The summed E-state index contributed by atoms with van der Waals surface area (Å²) >= 11 is 8.77. The van der Waals surface area contributed by atoms with Crippen LogP contribution in [0.3, 0.4) is 0 Å². The molecule has 0 bridgehead atoms. The Morgan fingerprint density at radius 3 is 2.58 bits per heavy atom. The predicted octanol–water partition coefficient (Wildman–Crippen LogP) is 4.82. The van der Waals surface area contributed by atoms with Crippen LogP contribution in [0.1, 0.15) is 24.1 Å². The van der Waals surface area contributed by atoms with Crippen LogP contribution in [0.15, 0.2) is 14.3 Å². The van der Waals surface area contributed by atoms with E-state index in [-0.39, 0.29) is 0 Å². The van der Waals surface area contributed by atoms with Crippen molar-refractivity contribution in [2.24, 2.45) is 0 Å². The minimum absolute atomic E-state index is 1.05. The highest BCUT2D eigenvalue weighted by atomic mass is 79.9. The lowest BCUT2D eigenvalue weighted by Crippen LogP contribution is -1.78. The number of unbranched alkanes of at least 4 members (excludes halogenated alkanes) is 2. The van der Waals surface area contributed by atoms with Crippen molar-refractivity contribution in [2.75, 3.05) is 0 Å². The summed E-state index contributed by atoms with van der Waals surface area (Å²) in [5.74, 6) is 0. The standard InChI is InChI=1S/C9H11Br2S/c1-2-3-4-5-7-6-8(10)9(11)12-7/h6H,1-5H2. The van der Waals surface area contributed by atoms with Crippen LogP contribution in [0.5, 0.6) is 0 Å². The lowest BCUT2D eigenvalue weighted by Gasteiger charge is -1.93. The molecular weight excluding hydrogens is 300 g/mol. The smallest absolute Gasteiger partial charge is 0.0843 e. The Bertz CT molecular complexity index is 223. The quantitative estimate of drug-likeness (QED) is 0.699. The van der Waals surface area contributed by atoms with Gasteiger partial charge in [0.25, 0.3) is 0 Å². The molecule has 0 atom stereocenters. The van der Waals surface area contributed by atoms with Gasteiger partial charge in [-0.3, -0.25) is 0 Å². The molecule has 0 nitrogen and oxygen atoms in total. The van der Waals surface area contributed by atoms with E-state index in [2.05, 4.69) is 44.8 Å². The molecule has 1 aromatic heterocycles. The summed E-state index contributed by atoms with van der Waals surface area (Å²) in [5.41, 5.74) is 0. The maximum atomic E-state index is 3.82. The molecule has 0 unspecified atom stereocenters. The van der Waals surface area contributed by atoms with E-state index in [1.54, 1.807) is 0 Å². The lowest BCUT2D eigenvalue weighted by molar-refractivity contribution is 0.752. The molecule has 0 saturated carbocycles. The SMILES string of the molecule is [CH2]CCCCc1cc(Br)c(Br)s1. The third kappa shape index (κ3) is 3.19. The van der Waals surface area contributed by atoms with Gasteiger partial charge in [-0.1, -0.05) is 19.8 Å². The summed E-state index contributed by atoms with van der Waals surface area (Å²) in [4.78, 5) is 1.45.